The van der Waals surface area contributed by atoms with Crippen LogP contribution < -0.4 is 15.1 Å². The van der Waals surface area contributed by atoms with Crippen LogP contribution in [-0.2, 0) is 22.5 Å². The lowest BCUT2D eigenvalue weighted by Crippen LogP contribution is -2.43. The van der Waals surface area contributed by atoms with Crippen molar-refractivity contribution in [1.82, 2.24) is 5.32 Å². The van der Waals surface area contributed by atoms with Crippen LogP contribution >= 0.6 is 0 Å². The number of nitrogens with one attached hydrogen (secondary N) is 1. The van der Waals surface area contributed by atoms with Gasteiger partial charge in [-0.05, 0) is 57.0 Å². The smallest absolute Gasteiger partial charge is 0.293 e. The van der Waals surface area contributed by atoms with Gasteiger partial charge in [0, 0.05) is 56.2 Å². The molecule has 4 rings (SSSR count). The van der Waals surface area contributed by atoms with Gasteiger partial charge < -0.3 is 19.9 Å². The van der Waals surface area contributed by atoms with Gasteiger partial charge in [0.05, 0.1) is 0 Å². The van der Waals surface area contributed by atoms with Crippen molar-refractivity contribution >= 4 is 17.8 Å². The van der Waals surface area contributed by atoms with Crippen LogP contribution in [0.3, 0.4) is 0 Å². The van der Waals surface area contributed by atoms with Crippen LogP contribution in [0.5, 0.6) is 0 Å². The number of nitrogens with zero attached hydrogens (tertiary/aromatic N) is 2. The second-order valence-corrected chi connectivity index (χ2v) is 8.64. The van der Waals surface area contributed by atoms with Crippen LogP contribution in [0, 0.1) is 5.82 Å². The first-order valence-corrected chi connectivity index (χ1v) is 10.6. The molecule has 2 aliphatic rings. The van der Waals surface area contributed by atoms with Crippen LogP contribution in [0.15, 0.2) is 42.5 Å². The second kappa shape index (κ2) is 9.94. The number of carbonyl (C=O) groups excluding carboxylic acids is 1. The predicted molar refractivity (Wildman–Crippen MR) is 120 cm³/mol. The Morgan fingerprint density at radius 2 is 1.77 bits per heavy atom. The van der Waals surface area contributed by atoms with Crippen molar-refractivity contribution in [3.63, 3.8) is 0 Å². The summed E-state index contributed by atoms with van der Waals surface area (Å²) >= 11 is 0. The number of hydrogen-bond donors (Lipinski definition) is 1. The van der Waals surface area contributed by atoms with Gasteiger partial charge in [0.2, 0.25) is 0 Å². The van der Waals surface area contributed by atoms with Crippen molar-refractivity contribution in [2.45, 2.75) is 39.3 Å². The Balaban J connectivity index is 0.000000318. The summed E-state index contributed by atoms with van der Waals surface area (Å²) in [5.74, 6) is -0.156. The normalized spacial score (nSPS) is 15.9. The molecule has 2 aromatic carbocycles. The summed E-state index contributed by atoms with van der Waals surface area (Å²) in [5.41, 5.74) is 4.86. The van der Waals surface area contributed by atoms with E-state index in [-0.39, 0.29) is 11.4 Å². The van der Waals surface area contributed by atoms with E-state index in [0.717, 1.165) is 51.3 Å². The number of fused-ring (bicyclic) bond motifs is 1. The molecule has 5 nitrogen and oxygen atoms in total. The Morgan fingerprint density at radius 3 is 2.40 bits per heavy atom. The van der Waals surface area contributed by atoms with E-state index >= 15 is 0 Å². The number of hydrogen-bond acceptors (Lipinski definition) is 5. The van der Waals surface area contributed by atoms with Crippen molar-refractivity contribution in [3.8, 4) is 0 Å². The summed E-state index contributed by atoms with van der Waals surface area (Å²) in [5, 5.41) is 3.41. The molecule has 0 bridgehead atoms. The van der Waals surface area contributed by atoms with Crippen molar-refractivity contribution in [2.75, 3.05) is 42.5 Å². The van der Waals surface area contributed by atoms with Gasteiger partial charge in [-0.1, -0.05) is 18.2 Å². The SMILES string of the molecule is CC(C)(C)OC=O.Fc1cccc(CN2CCc3c(N4CCNCC4)cccc32)c1. The fourth-order valence-corrected chi connectivity index (χ4v) is 3.85. The van der Waals surface area contributed by atoms with E-state index < -0.39 is 0 Å². The van der Waals surface area contributed by atoms with Gasteiger partial charge in [0.25, 0.3) is 6.47 Å². The first kappa shape index (κ1) is 22.1. The number of benzene rings is 2. The first-order chi connectivity index (χ1) is 14.4. The highest BCUT2D eigenvalue weighted by molar-refractivity contribution is 5.71. The highest BCUT2D eigenvalue weighted by Gasteiger charge is 2.24. The molecule has 0 spiro atoms. The number of halogens is 1. The van der Waals surface area contributed by atoms with E-state index in [4.69, 9.17) is 0 Å². The molecular weight excluding hydrogens is 381 g/mol. The van der Waals surface area contributed by atoms with E-state index in [2.05, 4.69) is 38.1 Å². The Morgan fingerprint density at radius 1 is 1.07 bits per heavy atom. The molecule has 2 aromatic rings. The average molecular weight is 414 g/mol. The van der Waals surface area contributed by atoms with Crippen LogP contribution in [0.25, 0.3) is 0 Å². The zero-order chi connectivity index (χ0) is 21.6. The molecule has 0 radical (unpaired) electrons. The minimum atomic E-state index is -0.318. The van der Waals surface area contributed by atoms with Gasteiger partial charge in [0.1, 0.15) is 11.4 Å². The summed E-state index contributed by atoms with van der Waals surface area (Å²) in [4.78, 5) is 14.5. The molecule has 0 aromatic heterocycles. The van der Waals surface area contributed by atoms with Gasteiger partial charge in [-0.25, -0.2) is 4.39 Å². The molecule has 0 amide bonds. The fraction of sp³-hybridized carbons (Fsp3) is 0.458. The van der Waals surface area contributed by atoms with Gasteiger partial charge >= 0.3 is 0 Å². The molecule has 0 saturated carbocycles. The molecule has 162 valence electrons. The molecule has 30 heavy (non-hydrogen) atoms. The molecule has 2 heterocycles. The minimum absolute atomic E-state index is 0.156. The standard InChI is InChI=1S/C19H22FN3.C5H10O2/c20-16-4-1-3-15(13-16)14-23-10-7-17-18(5-2-6-19(17)23)22-11-8-21-9-12-22;1-5(2,3)7-4-6/h1-6,13,21H,7-12,14H2;4H,1-3H3. The Bertz CT molecular complexity index is 845. The lowest BCUT2D eigenvalue weighted by Gasteiger charge is -2.31. The van der Waals surface area contributed by atoms with Gasteiger partial charge in [0.15, 0.2) is 0 Å². The van der Waals surface area contributed by atoms with E-state index in [0.29, 0.717) is 6.47 Å². The highest BCUT2D eigenvalue weighted by atomic mass is 19.1. The van der Waals surface area contributed by atoms with Crippen molar-refractivity contribution in [3.05, 3.63) is 59.4 Å². The van der Waals surface area contributed by atoms with E-state index in [1.807, 2.05) is 26.8 Å². The Kier molecular flexibility index (Phi) is 7.32. The molecule has 1 saturated heterocycles. The number of carbonyl (C=O) groups is 1. The topological polar surface area (TPSA) is 44.8 Å². The molecule has 2 aliphatic heterocycles. The molecule has 6 heteroatoms. The largest absolute Gasteiger partial charge is 0.462 e. The summed E-state index contributed by atoms with van der Waals surface area (Å²) in [6.45, 7) is 11.9. The third kappa shape index (κ3) is 5.95. The van der Waals surface area contributed by atoms with Crippen molar-refractivity contribution < 1.29 is 13.9 Å². The second-order valence-electron chi connectivity index (χ2n) is 8.64. The number of rotatable bonds is 4. The van der Waals surface area contributed by atoms with Gasteiger partial charge in [-0.15, -0.1) is 0 Å². The maximum absolute atomic E-state index is 13.4. The lowest BCUT2D eigenvalue weighted by atomic mass is 10.1. The van der Waals surface area contributed by atoms with Crippen LogP contribution in [0.1, 0.15) is 31.9 Å². The summed E-state index contributed by atoms with van der Waals surface area (Å²) in [7, 11) is 0. The predicted octanol–water partition coefficient (Wildman–Crippen LogP) is 3.76. The Hall–Kier alpha value is -2.60. The molecular formula is C24H32FN3O2. The van der Waals surface area contributed by atoms with Gasteiger partial charge in [-0.2, -0.15) is 0 Å². The van der Waals surface area contributed by atoms with Crippen molar-refractivity contribution in [1.29, 1.82) is 0 Å². The fourth-order valence-electron chi connectivity index (χ4n) is 3.85. The maximum Gasteiger partial charge on any atom is 0.293 e. The molecule has 1 fully saturated rings. The zero-order valence-corrected chi connectivity index (χ0v) is 18.2. The number of ether oxygens (including phenoxy) is 1. The molecule has 0 aliphatic carbocycles. The summed E-state index contributed by atoms with van der Waals surface area (Å²) < 4.78 is 18.0. The summed E-state index contributed by atoms with van der Waals surface area (Å²) in [6.07, 6.45) is 1.07. The first-order valence-electron chi connectivity index (χ1n) is 10.6. The quantitative estimate of drug-likeness (QED) is 0.774. The third-order valence-corrected chi connectivity index (χ3v) is 5.22. The zero-order valence-electron chi connectivity index (χ0n) is 18.2. The van der Waals surface area contributed by atoms with Gasteiger partial charge in [-0.3, -0.25) is 4.79 Å². The monoisotopic (exact) mass is 413 g/mol. The van der Waals surface area contributed by atoms with Crippen LogP contribution in [0.4, 0.5) is 15.8 Å². The number of piperazine rings is 1. The van der Waals surface area contributed by atoms with Crippen LogP contribution in [-0.4, -0.2) is 44.8 Å². The lowest BCUT2D eigenvalue weighted by molar-refractivity contribution is -0.138. The van der Waals surface area contributed by atoms with Crippen LogP contribution in [0.2, 0.25) is 0 Å². The Labute approximate surface area is 178 Å². The number of anilines is 2. The molecule has 0 atom stereocenters. The summed E-state index contributed by atoms with van der Waals surface area (Å²) in [6, 6.07) is 13.5. The maximum atomic E-state index is 13.4. The average Bonchev–Trinajstić information content (AvgIpc) is 3.11. The molecule has 1 N–H and O–H groups in total. The van der Waals surface area contributed by atoms with E-state index in [1.165, 1.54) is 23.0 Å². The van der Waals surface area contributed by atoms with E-state index in [1.54, 1.807) is 12.1 Å². The van der Waals surface area contributed by atoms with Crippen molar-refractivity contribution in [2.24, 2.45) is 0 Å². The third-order valence-electron chi connectivity index (χ3n) is 5.22. The van der Waals surface area contributed by atoms with E-state index in [9.17, 15) is 9.18 Å². The highest BCUT2D eigenvalue weighted by Crippen LogP contribution is 2.36. The molecule has 0 unspecified atom stereocenters. The minimum Gasteiger partial charge on any atom is -0.462 e.